The highest BCUT2D eigenvalue weighted by Crippen LogP contribution is 2.66. The van der Waals surface area contributed by atoms with Gasteiger partial charge in [-0.3, -0.25) is 10.1 Å². The number of benzene rings is 1. The lowest BCUT2D eigenvalue weighted by atomic mass is 10.3. The van der Waals surface area contributed by atoms with Crippen molar-refractivity contribution in [1.82, 2.24) is 0 Å². The first-order chi connectivity index (χ1) is 12.3. The topological polar surface area (TPSA) is 89.3 Å². The molecular weight excluding hydrogens is 420 g/mol. The molecular formula is C14H25NO7P2S2. The molecule has 0 aliphatic heterocycles. The van der Waals surface area contributed by atoms with E-state index in [9.17, 15) is 10.1 Å². The Morgan fingerprint density at radius 1 is 0.846 bits per heavy atom. The van der Waals surface area contributed by atoms with Crippen LogP contribution in [0, 0.1) is 10.1 Å². The monoisotopic (exact) mass is 445 g/mol. The highest BCUT2D eigenvalue weighted by molar-refractivity contribution is 8.14. The molecule has 0 aromatic heterocycles. The first kappa shape index (κ1) is 25.7. The minimum absolute atomic E-state index is 0.137. The standard InChI is InChI=1S/C8H20O5P2S2.C6H5NO2/c1-5-9-14(16,10-6-2)13-15(17,11-7-3)12-8-4;8-7(9)6-4-2-1-3-5-6/h5-8H2,1-4H3;1-5H. The summed E-state index contributed by atoms with van der Waals surface area (Å²) in [6.07, 6.45) is 0. The van der Waals surface area contributed by atoms with E-state index in [2.05, 4.69) is 0 Å². The zero-order valence-corrected chi connectivity index (χ0v) is 18.7. The molecule has 0 fully saturated rings. The van der Waals surface area contributed by atoms with Crippen molar-refractivity contribution in [1.29, 1.82) is 0 Å². The summed E-state index contributed by atoms with van der Waals surface area (Å²) in [5.41, 5.74) is 0.137. The first-order valence-corrected chi connectivity index (χ1v) is 13.1. The molecule has 1 aromatic carbocycles. The zero-order chi connectivity index (χ0) is 20.1. The van der Waals surface area contributed by atoms with E-state index < -0.39 is 18.4 Å². The Morgan fingerprint density at radius 3 is 1.42 bits per heavy atom. The summed E-state index contributed by atoms with van der Waals surface area (Å²) in [7, 11) is 0. The third kappa shape index (κ3) is 10.8. The predicted molar refractivity (Wildman–Crippen MR) is 109 cm³/mol. The Kier molecular flexibility index (Phi) is 13.7. The lowest BCUT2D eigenvalue weighted by Crippen LogP contribution is -2.03. The summed E-state index contributed by atoms with van der Waals surface area (Å²) in [6.45, 7) is 3.09. The molecule has 0 saturated heterocycles. The van der Waals surface area contributed by atoms with E-state index in [1.807, 2.05) is 27.7 Å². The molecule has 0 aliphatic rings. The molecule has 1 rings (SSSR count). The average molecular weight is 445 g/mol. The van der Waals surface area contributed by atoms with Crippen molar-refractivity contribution < 1.29 is 27.3 Å². The quantitative estimate of drug-likeness (QED) is 0.259. The van der Waals surface area contributed by atoms with E-state index in [0.29, 0.717) is 26.4 Å². The van der Waals surface area contributed by atoms with Gasteiger partial charge in [0.05, 0.1) is 31.4 Å². The average Bonchev–Trinajstić information content (AvgIpc) is 2.56. The molecule has 1 aromatic rings. The molecule has 0 unspecified atom stereocenters. The molecule has 0 N–H and O–H groups in total. The summed E-state index contributed by atoms with van der Waals surface area (Å²) in [6, 6.07) is 7.93. The van der Waals surface area contributed by atoms with Crippen LogP contribution in [-0.2, 0) is 46.0 Å². The molecule has 26 heavy (non-hydrogen) atoms. The van der Waals surface area contributed by atoms with Gasteiger partial charge < -0.3 is 18.1 Å². The van der Waals surface area contributed by atoms with Crippen LogP contribution in [0.15, 0.2) is 30.3 Å². The van der Waals surface area contributed by atoms with E-state index in [-0.39, 0.29) is 5.69 Å². The van der Waals surface area contributed by atoms with Crippen molar-refractivity contribution in [3.05, 3.63) is 40.4 Å². The maximum atomic E-state index is 10.0. The Balaban J connectivity index is 0.000000577. The van der Waals surface area contributed by atoms with E-state index in [1.165, 1.54) is 12.1 Å². The van der Waals surface area contributed by atoms with Gasteiger partial charge in [-0.25, -0.2) is 4.31 Å². The lowest BCUT2D eigenvalue weighted by Gasteiger charge is -2.27. The van der Waals surface area contributed by atoms with Crippen LogP contribution in [0.4, 0.5) is 5.69 Å². The second-order valence-corrected chi connectivity index (χ2v) is 10.4. The lowest BCUT2D eigenvalue weighted by molar-refractivity contribution is -0.384. The maximum Gasteiger partial charge on any atom is 0.334 e. The second-order valence-electron chi connectivity index (χ2n) is 4.24. The van der Waals surface area contributed by atoms with Crippen molar-refractivity contribution in [3.8, 4) is 0 Å². The van der Waals surface area contributed by atoms with Gasteiger partial charge in [0.15, 0.2) is 0 Å². The van der Waals surface area contributed by atoms with E-state index >= 15 is 0 Å². The molecule has 0 spiro atoms. The van der Waals surface area contributed by atoms with Gasteiger partial charge in [-0.15, -0.1) is 0 Å². The van der Waals surface area contributed by atoms with Gasteiger partial charge >= 0.3 is 13.4 Å². The molecule has 12 heteroatoms. The van der Waals surface area contributed by atoms with Crippen molar-refractivity contribution in [3.63, 3.8) is 0 Å². The molecule has 8 nitrogen and oxygen atoms in total. The molecule has 0 radical (unpaired) electrons. The predicted octanol–water partition coefficient (Wildman–Crippen LogP) is 5.19. The van der Waals surface area contributed by atoms with Crippen LogP contribution in [0.25, 0.3) is 0 Å². The molecule has 0 heterocycles. The molecule has 0 amide bonds. The summed E-state index contributed by atoms with van der Waals surface area (Å²) in [5, 5.41) is 10.0. The first-order valence-electron chi connectivity index (χ1n) is 7.94. The number of nitrogens with zero attached hydrogens (tertiary/aromatic N) is 1. The number of non-ortho nitro benzene ring substituents is 1. The van der Waals surface area contributed by atoms with Crippen LogP contribution >= 0.6 is 13.4 Å². The van der Waals surface area contributed by atoms with Crippen LogP contribution in [-0.4, -0.2) is 31.4 Å². The minimum Gasteiger partial charge on any atom is -0.309 e. The smallest absolute Gasteiger partial charge is 0.309 e. The molecule has 0 aliphatic carbocycles. The fourth-order valence-corrected chi connectivity index (χ4v) is 7.85. The van der Waals surface area contributed by atoms with Crippen LogP contribution in [0.2, 0.25) is 0 Å². The van der Waals surface area contributed by atoms with Gasteiger partial charge in [-0.2, -0.15) is 0 Å². The summed E-state index contributed by atoms with van der Waals surface area (Å²) in [5.74, 6) is 0. The van der Waals surface area contributed by atoms with Crippen LogP contribution in [0.3, 0.4) is 0 Å². The normalized spacial score (nSPS) is 11.5. The van der Waals surface area contributed by atoms with Crippen molar-refractivity contribution >= 4 is 42.7 Å². The highest BCUT2D eigenvalue weighted by atomic mass is 32.5. The third-order valence-corrected chi connectivity index (χ3v) is 8.68. The number of nitro benzene ring substituents is 1. The fraction of sp³-hybridized carbons (Fsp3) is 0.571. The van der Waals surface area contributed by atoms with Gasteiger partial charge in [0, 0.05) is 12.1 Å². The van der Waals surface area contributed by atoms with Crippen LogP contribution in [0.5, 0.6) is 0 Å². The fourth-order valence-electron chi connectivity index (χ4n) is 1.47. The Labute approximate surface area is 164 Å². The number of rotatable bonds is 11. The van der Waals surface area contributed by atoms with Crippen molar-refractivity contribution in [2.45, 2.75) is 27.7 Å². The van der Waals surface area contributed by atoms with E-state index in [1.54, 1.807) is 18.2 Å². The van der Waals surface area contributed by atoms with Crippen molar-refractivity contribution in [2.24, 2.45) is 0 Å². The summed E-state index contributed by atoms with van der Waals surface area (Å²) in [4.78, 5) is 9.59. The summed E-state index contributed by atoms with van der Waals surface area (Å²) >= 11 is 10.4. The Hall–Kier alpha value is -0.280. The van der Waals surface area contributed by atoms with Gasteiger partial charge in [0.25, 0.3) is 5.69 Å². The van der Waals surface area contributed by atoms with Gasteiger partial charge in [0.1, 0.15) is 0 Å². The Morgan fingerprint density at radius 2 is 1.19 bits per heavy atom. The van der Waals surface area contributed by atoms with E-state index in [4.69, 9.17) is 46.0 Å². The van der Waals surface area contributed by atoms with Gasteiger partial charge in [0.2, 0.25) is 0 Å². The molecule has 0 atom stereocenters. The van der Waals surface area contributed by atoms with Gasteiger partial charge in [-0.05, 0) is 51.3 Å². The number of hydrogen-bond acceptors (Lipinski definition) is 9. The van der Waals surface area contributed by atoms with Crippen LogP contribution in [0.1, 0.15) is 27.7 Å². The molecule has 150 valence electrons. The highest BCUT2D eigenvalue weighted by Gasteiger charge is 2.31. The SMILES string of the molecule is CCOP(=S)(OCC)OP(=S)(OCC)OCC.O=[N+]([O-])c1ccccc1. The second kappa shape index (κ2) is 13.8. The number of nitro groups is 1. The van der Waals surface area contributed by atoms with Crippen LogP contribution < -0.4 is 0 Å². The van der Waals surface area contributed by atoms with Gasteiger partial charge in [-0.1, -0.05) is 18.2 Å². The molecule has 0 saturated carbocycles. The largest absolute Gasteiger partial charge is 0.334 e. The van der Waals surface area contributed by atoms with Crippen molar-refractivity contribution in [2.75, 3.05) is 26.4 Å². The zero-order valence-electron chi connectivity index (χ0n) is 15.2. The van der Waals surface area contributed by atoms with E-state index in [0.717, 1.165) is 0 Å². The molecule has 0 bridgehead atoms. The Bertz CT molecular complexity index is 571. The number of hydrogen-bond donors (Lipinski definition) is 0. The third-order valence-electron chi connectivity index (χ3n) is 2.32. The number of para-hydroxylation sites is 1. The maximum absolute atomic E-state index is 10.0. The summed E-state index contributed by atoms with van der Waals surface area (Å²) < 4.78 is 26.9. The minimum atomic E-state index is -2.87.